The van der Waals surface area contributed by atoms with Crippen LogP contribution in [0.1, 0.15) is 25.3 Å². The van der Waals surface area contributed by atoms with E-state index in [1.54, 1.807) is 6.20 Å². The Bertz CT molecular complexity index is 780. The molecule has 0 radical (unpaired) electrons. The molecular weight excluding hydrogens is 348 g/mol. The number of piperazine rings is 1. The van der Waals surface area contributed by atoms with Crippen molar-refractivity contribution in [2.24, 2.45) is 4.99 Å². The van der Waals surface area contributed by atoms with Crippen LogP contribution in [0.5, 0.6) is 0 Å². The van der Waals surface area contributed by atoms with Gasteiger partial charge in [-0.2, -0.15) is 0 Å². The third-order valence-electron chi connectivity index (χ3n) is 4.60. The van der Waals surface area contributed by atoms with Crippen molar-refractivity contribution in [3.8, 4) is 0 Å². The Morgan fingerprint density at radius 1 is 1.27 bits per heavy atom. The molecule has 2 heterocycles. The predicted molar refractivity (Wildman–Crippen MR) is 107 cm³/mol. The summed E-state index contributed by atoms with van der Waals surface area (Å²) in [7, 11) is 0. The van der Waals surface area contributed by atoms with Crippen molar-refractivity contribution in [1.29, 1.82) is 5.41 Å². The van der Waals surface area contributed by atoms with E-state index in [1.807, 2.05) is 42.2 Å². The van der Waals surface area contributed by atoms with Crippen molar-refractivity contribution in [3.05, 3.63) is 52.8 Å². The number of benzene rings is 1. The summed E-state index contributed by atoms with van der Waals surface area (Å²) in [6.07, 6.45) is 6.58. The number of amides is 1. The second-order valence-electron chi connectivity index (χ2n) is 6.35. The lowest BCUT2D eigenvalue weighted by Gasteiger charge is -2.34. The highest BCUT2D eigenvalue weighted by Gasteiger charge is 2.38. The SMILES string of the molecule is C/C=C\N=C1CN2CCN(CCCC=N)C(=O)C2=C1c1ccc(Cl)cc1. The van der Waals surface area contributed by atoms with Crippen LogP contribution >= 0.6 is 11.6 Å². The molecule has 6 heteroatoms. The first-order valence-corrected chi connectivity index (χ1v) is 9.25. The number of nitrogens with one attached hydrogen (secondary N) is 1. The van der Waals surface area contributed by atoms with E-state index < -0.39 is 0 Å². The average Bonchev–Trinajstić information content (AvgIpc) is 3.02. The minimum Gasteiger partial charge on any atom is -0.359 e. The van der Waals surface area contributed by atoms with Gasteiger partial charge >= 0.3 is 0 Å². The Hall–Kier alpha value is -2.40. The molecule has 136 valence electrons. The number of carbonyl (C=O) groups is 1. The fourth-order valence-electron chi connectivity index (χ4n) is 3.35. The summed E-state index contributed by atoms with van der Waals surface area (Å²) < 4.78 is 0. The van der Waals surface area contributed by atoms with Crippen molar-refractivity contribution in [2.75, 3.05) is 26.2 Å². The summed E-state index contributed by atoms with van der Waals surface area (Å²) in [5.74, 6) is 0.0526. The van der Waals surface area contributed by atoms with Gasteiger partial charge in [0.05, 0.1) is 12.3 Å². The van der Waals surface area contributed by atoms with Crippen molar-refractivity contribution in [2.45, 2.75) is 19.8 Å². The average molecular weight is 371 g/mol. The van der Waals surface area contributed by atoms with Gasteiger partial charge in [-0.15, -0.1) is 0 Å². The summed E-state index contributed by atoms with van der Waals surface area (Å²) in [6, 6.07) is 7.58. The van der Waals surface area contributed by atoms with Gasteiger partial charge in [-0.25, -0.2) is 0 Å². The number of rotatable bonds is 6. The van der Waals surface area contributed by atoms with E-state index in [9.17, 15) is 4.79 Å². The number of hydrogen-bond acceptors (Lipinski definition) is 4. The normalized spacial score (nSPS) is 19.0. The van der Waals surface area contributed by atoms with Gasteiger partial charge in [0.2, 0.25) is 0 Å². The number of halogens is 1. The largest absolute Gasteiger partial charge is 0.359 e. The highest BCUT2D eigenvalue weighted by molar-refractivity contribution is 6.33. The first-order chi connectivity index (χ1) is 12.7. The summed E-state index contributed by atoms with van der Waals surface area (Å²) in [5.41, 5.74) is 3.51. The third kappa shape index (κ3) is 3.73. The van der Waals surface area contributed by atoms with Crippen molar-refractivity contribution >= 4 is 35.0 Å². The number of aliphatic imine (C=N–C) groups is 1. The van der Waals surface area contributed by atoms with Crippen molar-refractivity contribution < 1.29 is 4.79 Å². The van der Waals surface area contributed by atoms with Gasteiger partial charge in [0, 0.05) is 36.4 Å². The van der Waals surface area contributed by atoms with Gasteiger partial charge in [-0.1, -0.05) is 29.8 Å². The highest BCUT2D eigenvalue weighted by atomic mass is 35.5. The molecule has 1 aromatic carbocycles. The van der Waals surface area contributed by atoms with Gasteiger partial charge in [0.1, 0.15) is 5.70 Å². The Morgan fingerprint density at radius 3 is 2.73 bits per heavy atom. The van der Waals surface area contributed by atoms with Crippen LogP contribution in [0, 0.1) is 5.41 Å². The Kier molecular flexibility index (Phi) is 5.89. The standard InChI is InChI=1S/C20H23ClN4O/c1-2-10-23-17-14-25-13-12-24(11-4-3-9-22)20(26)19(25)18(17)15-5-7-16(21)8-6-15/h2,5-10,22H,3-4,11-14H2,1H3/b10-2-,22-9?,23-17?. The molecule has 2 aliphatic rings. The zero-order valence-corrected chi connectivity index (χ0v) is 15.7. The molecule has 3 rings (SSSR count). The maximum atomic E-state index is 13.1. The summed E-state index contributed by atoms with van der Waals surface area (Å²) in [6.45, 7) is 4.78. The molecule has 0 saturated carbocycles. The van der Waals surface area contributed by atoms with Crippen LogP contribution in [0.15, 0.2) is 47.2 Å². The fourth-order valence-corrected chi connectivity index (χ4v) is 3.47. The zero-order valence-electron chi connectivity index (χ0n) is 14.9. The Labute approximate surface area is 159 Å². The summed E-state index contributed by atoms with van der Waals surface area (Å²) in [4.78, 5) is 21.7. The van der Waals surface area contributed by atoms with E-state index >= 15 is 0 Å². The maximum absolute atomic E-state index is 13.1. The molecule has 2 aliphatic heterocycles. The molecule has 0 unspecified atom stereocenters. The lowest BCUT2D eigenvalue weighted by Crippen LogP contribution is -2.47. The van der Waals surface area contributed by atoms with E-state index in [-0.39, 0.29) is 5.91 Å². The Morgan fingerprint density at radius 2 is 2.04 bits per heavy atom. The molecule has 5 nitrogen and oxygen atoms in total. The third-order valence-corrected chi connectivity index (χ3v) is 4.85. The van der Waals surface area contributed by atoms with Gasteiger partial charge in [0.25, 0.3) is 5.91 Å². The highest BCUT2D eigenvalue weighted by Crippen LogP contribution is 2.33. The molecule has 1 N–H and O–H groups in total. The molecule has 0 atom stereocenters. The van der Waals surface area contributed by atoms with Gasteiger partial charge < -0.3 is 15.2 Å². The lowest BCUT2D eigenvalue weighted by atomic mass is 10.0. The second-order valence-corrected chi connectivity index (χ2v) is 6.79. The first kappa shape index (κ1) is 18.4. The van der Waals surface area contributed by atoms with Crippen LogP contribution < -0.4 is 0 Å². The zero-order chi connectivity index (χ0) is 18.5. The van der Waals surface area contributed by atoms with E-state index in [0.717, 1.165) is 35.5 Å². The number of hydrogen-bond donors (Lipinski definition) is 1. The molecular formula is C20H23ClN4O. The van der Waals surface area contributed by atoms with Gasteiger partial charge in [0.15, 0.2) is 0 Å². The number of unbranched alkanes of at least 4 members (excludes halogenated alkanes) is 1. The van der Waals surface area contributed by atoms with Crippen LogP contribution in [-0.4, -0.2) is 53.8 Å². The predicted octanol–water partition coefficient (Wildman–Crippen LogP) is 3.61. The molecule has 0 aliphatic carbocycles. The molecule has 1 aromatic rings. The molecule has 0 spiro atoms. The van der Waals surface area contributed by atoms with Crippen LogP contribution in [-0.2, 0) is 4.79 Å². The molecule has 1 fully saturated rings. The first-order valence-electron chi connectivity index (χ1n) is 8.87. The quantitative estimate of drug-likeness (QED) is 0.614. The molecule has 26 heavy (non-hydrogen) atoms. The number of fused-ring (bicyclic) bond motifs is 1. The topological polar surface area (TPSA) is 59.8 Å². The van der Waals surface area contributed by atoms with Crippen molar-refractivity contribution in [3.63, 3.8) is 0 Å². The minimum atomic E-state index is 0.0526. The second kappa shape index (κ2) is 8.32. The molecule has 1 saturated heterocycles. The van der Waals surface area contributed by atoms with E-state index in [0.29, 0.717) is 31.1 Å². The van der Waals surface area contributed by atoms with Gasteiger partial charge in [-0.05, 0) is 43.7 Å². The monoisotopic (exact) mass is 370 g/mol. The summed E-state index contributed by atoms with van der Waals surface area (Å²) in [5, 5.41) is 7.83. The van der Waals surface area contributed by atoms with Crippen LogP contribution in [0.2, 0.25) is 5.02 Å². The fraction of sp³-hybridized carbons (Fsp3) is 0.350. The minimum absolute atomic E-state index is 0.0526. The Balaban J connectivity index is 2.00. The maximum Gasteiger partial charge on any atom is 0.270 e. The van der Waals surface area contributed by atoms with E-state index in [4.69, 9.17) is 17.0 Å². The van der Waals surface area contributed by atoms with Crippen LogP contribution in [0.4, 0.5) is 0 Å². The smallest absolute Gasteiger partial charge is 0.270 e. The van der Waals surface area contributed by atoms with E-state index in [2.05, 4.69) is 9.89 Å². The summed E-state index contributed by atoms with van der Waals surface area (Å²) >= 11 is 6.04. The molecule has 0 aromatic heterocycles. The number of carbonyl (C=O) groups excluding carboxylic acids is 1. The lowest BCUT2D eigenvalue weighted by molar-refractivity contribution is -0.131. The van der Waals surface area contributed by atoms with E-state index in [1.165, 1.54) is 6.21 Å². The van der Waals surface area contributed by atoms with Gasteiger partial charge in [-0.3, -0.25) is 9.79 Å². The number of allylic oxidation sites excluding steroid dienone is 1. The molecule has 0 bridgehead atoms. The number of nitrogens with zero attached hydrogens (tertiary/aromatic N) is 3. The van der Waals surface area contributed by atoms with Crippen LogP contribution in [0.25, 0.3) is 5.57 Å². The van der Waals surface area contributed by atoms with Crippen LogP contribution in [0.3, 0.4) is 0 Å². The molecule has 1 amide bonds. The van der Waals surface area contributed by atoms with Crippen molar-refractivity contribution in [1.82, 2.24) is 9.80 Å².